The largest absolute Gasteiger partial charge is 0.510 e. The van der Waals surface area contributed by atoms with E-state index < -0.39 is 5.78 Å². The molecule has 1 aromatic rings. The van der Waals surface area contributed by atoms with Crippen LogP contribution in [0.1, 0.15) is 13.8 Å². The number of ketones is 1. The summed E-state index contributed by atoms with van der Waals surface area (Å²) in [7, 11) is 0. The molecule has 0 amide bonds. The second-order valence-corrected chi connectivity index (χ2v) is 3.30. The topological polar surface area (TPSA) is 91.5 Å². The number of rotatable bonds is 4. The maximum atomic E-state index is 11.1. The highest BCUT2D eigenvalue weighted by atomic mass is 16.3. The van der Waals surface area contributed by atoms with Crippen molar-refractivity contribution in [2.24, 2.45) is 15.4 Å². The van der Waals surface area contributed by atoms with Crippen LogP contribution in [0.2, 0.25) is 0 Å². The normalized spacial score (nSPS) is 12.4. The Balaban J connectivity index is 3.00. The summed E-state index contributed by atoms with van der Waals surface area (Å²) in [5.41, 5.74) is 0.479. The number of carbonyl (C=O) groups is 1. The quantitative estimate of drug-likeness (QED) is 0.373. The predicted octanol–water partition coefficient (Wildman–Crippen LogP) is 3.55. The number of aliphatic hydroxyl groups is 1. The van der Waals surface area contributed by atoms with Gasteiger partial charge in [-0.2, -0.15) is 5.11 Å². The molecule has 0 aromatic heterocycles. The van der Waals surface area contributed by atoms with Gasteiger partial charge in [0.1, 0.15) is 11.4 Å². The average Bonchev–Trinajstić information content (AvgIpc) is 2.28. The van der Waals surface area contributed by atoms with E-state index in [1.54, 1.807) is 12.1 Å². The number of hydrogen-bond acceptors (Lipinski definition) is 6. The zero-order valence-corrected chi connectivity index (χ0v) is 9.41. The van der Waals surface area contributed by atoms with Gasteiger partial charge in [-0.15, -0.1) is 10.0 Å². The highest BCUT2D eigenvalue weighted by Crippen LogP contribution is 2.21. The van der Waals surface area contributed by atoms with Crippen LogP contribution in [0.5, 0.6) is 0 Å². The zero-order chi connectivity index (χ0) is 12.8. The van der Waals surface area contributed by atoms with Gasteiger partial charge in [0.15, 0.2) is 11.5 Å². The number of azo groups is 1. The first kappa shape index (κ1) is 12.7. The Morgan fingerprint density at radius 3 is 2.41 bits per heavy atom. The molecule has 17 heavy (non-hydrogen) atoms. The summed E-state index contributed by atoms with van der Waals surface area (Å²) < 4.78 is 0. The number of allylic oxidation sites excluding steroid dienone is 2. The minimum atomic E-state index is -0.390. The van der Waals surface area contributed by atoms with E-state index in [0.717, 1.165) is 0 Å². The number of hydrogen-bond donors (Lipinski definition) is 1. The SMILES string of the molecule is CC(=O)C(N=Nc1cccc(N=O)c1)=C(C)O. The molecule has 6 nitrogen and oxygen atoms in total. The smallest absolute Gasteiger partial charge is 0.183 e. The number of nitrogens with zero attached hydrogens (tertiary/aromatic N) is 3. The highest BCUT2D eigenvalue weighted by Gasteiger charge is 2.06. The van der Waals surface area contributed by atoms with E-state index in [2.05, 4.69) is 15.4 Å². The van der Waals surface area contributed by atoms with Crippen LogP contribution in [0.15, 0.2) is 51.1 Å². The van der Waals surface area contributed by atoms with E-state index in [0.29, 0.717) is 5.69 Å². The molecule has 88 valence electrons. The van der Waals surface area contributed by atoms with Crippen LogP contribution in [0, 0.1) is 4.91 Å². The fourth-order valence-corrected chi connectivity index (χ4v) is 1.12. The number of Topliss-reactive ketones (excluding diaryl/α,β-unsaturated/α-hetero) is 1. The Morgan fingerprint density at radius 1 is 1.24 bits per heavy atom. The molecular formula is C11H11N3O3. The van der Waals surface area contributed by atoms with Crippen molar-refractivity contribution in [2.45, 2.75) is 13.8 Å². The molecule has 0 aliphatic rings. The molecule has 0 radical (unpaired) electrons. The van der Waals surface area contributed by atoms with E-state index in [9.17, 15) is 14.8 Å². The lowest BCUT2D eigenvalue weighted by Crippen LogP contribution is -1.96. The molecule has 0 aliphatic carbocycles. The fourth-order valence-electron chi connectivity index (χ4n) is 1.12. The van der Waals surface area contributed by atoms with Gasteiger partial charge in [0, 0.05) is 6.92 Å². The maximum Gasteiger partial charge on any atom is 0.183 e. The molecule has 1 N–H and O–H groups in total. The summed E-state index contributed by atoms with van der Waals surface area (Å²) in [6.07, 6.45) is 0. The lowest BCUT2D eigenvalue weighted by molar-refractivity contribution is -0.113. The van der Waals surface area contributed by atoms with Gasteiger partial charge in [-0.25, -0.2) is 0 Å². The standard InChI is InChI=1S/C11H11N3O3/c1-7(15)11(8(2)16)13-12-9-4-3-5-10(6-9)14-17/h3-6,15H,1-2H3. The molecular weight excluding hydrogens is 222 g/mol. The lowest BCUT2D eigenvalue weighted by atomic mass is 10.3. The first-order valence-electron chi connectivity index (χ1n) is 4.80. The third-order valence-electron chi connectivity index (χ3n) is 1.88. The lowest BCUT2D eigenvalue weighted by Gasteiger charge is -1.97. The van der Waals surface area contributed by atoms with Crippen molar-refractivity contribution in [3.63, 3.8) is 0 Å². The van der Waals surface area contributed by atoms with Crippen molar-refractivity contribution in [3.8, 4) is 0 Å². The molecule has 0 aliphatic heterocycles. The van der Waals surface area contributed by atoms with Crippen molar-refractivity contribution >= 4 is 17.2 Å². The summed E-state index contributed by atoms with van der Waals surface area (Å²) in [6.45, 7) is 2.62. The Bertz CT molecular complexity index is 502. The first-order valence-corrected chi connectivity index (χ1v) is 4.80. The van der Waals surface area contributed by atoms with Crippen molar-refractivity contribution in [1.82, 2.24) is 0 Å². The molecule has 1 aromatic carbocycles. The van der Waals surface area contributed by atoms with Crippen LogP contribution in [0.3, 0.4) is 0 Å². The molecule has 0 fully saturated rings. The summed E-state index contributed by atoms with van der Waals surface area (Å²) in [6, 6.07) is 6.13. The fraction of sp³-hybridized carbons (Fsp3) is 0.182. The van der Waals surface area contributed by atoms with Gasteiger partial charge in [0.05, 0.1) is 5.69 Å². The van der Waals surface area contributed by atoms with Gasteiger partial charge >= 0.3 is 0 Å². The van der Waals surface area contributed by atoms with E-state index in [1.807, 2.05) is 0 Å². The molecule has 0 heterocycles. The van der Waals surface area contributed by atoms with E-state index in [1.165, 1.54) is 26.0 Å². The predicted molar refractivity (Wildman–Crippen MR) is 62.4 cm³/mol. The van der Waals surface area contributed by atoms with Gasteiger partial charge in [-0.05, 0) is 30.3 Å². The minimum Gasteiger partial charge on any atom is -0.510 e. The Labute approximate surface area is 97.7 Å². The second kappa shape index (κ2) is 5.64. The first-order chi connectivity index (χ1) is 8.04. The van der Waals surface area contributed by atoms with Crippen LogP contribution < -0.4 is 0 Å². The minimum absolute atomic E-state index is 0.116. The van der Waals surface area contributed by atoms with Gasteiger partial charge in [-0.3, -0.25) is 4.79 Å². The Kier molecular flexibility index (Phi) is 4.21. The van der Waals surface area contributed by atoms with Crippen LogP contribution in [0.4, 0.5) is 11.4 Å². The van der Waals surface area contributed by atoms with Gasteiger partial charge in [0.2, 0.25) is 0 Å². The van der Waals surface area contributed by atoms with Crippen LogP contribution in [0.25, 0.3) is 0 Å². The van der Waals surface area contributed by atoms with Crippen molar-refractivity contribution < 1.29 is 9.90 Å². The van der Waals surface area contributed by atoms with Gasteiger partial charge < -0.3 is 5.11 Å². The Morgan fingerprint density at radius 2 is 1.88 bits per heavy atom. The van der Waals surface area contributed by atoms with Crippen molar-refractivity contribution in [3.05, 3.63) is 40.6 Å². The summed E-state index contributed by atoms with van der Waals surface area (Å²) >= 11 is 0. The molecule has 6 heteroatoms. The molecule has 0 atom stereocenters. The zero-order valence-electron chi connectivity index (χ0n) is 9.41. The van der Waals surface area contributed by atoms with Crippen LogP contribution in [-0.2, 0) is 4.79 Å². The van der Waals surface area contributed by atoms with Crippen molar-refractivity contribution in [1.29, 1.82) is 0 Å². The molecule has 0 saturated heterocycles. The van der Waals surface area contributed by atoms with Crippen LogP contribution >= 0.6 is 0 Å². The summed E-state index contributed by atoms with van der Waals surface area (Å²) in [5, 5.41) is 19.3. The summed E-state index contributed by atoms with van der Waals surface area (Å²) in [4.78, 5) is 21.4. The number of aliphatic hydroxyl groups excluding tert-OH is 1. The third kappa shape index (κ3) is 3.60. The summed E-state index contributed by atoms with van der Waals surface area (Å²) in [5.74, 6) is -0.593. The van der Waals surface area contributed by atoms with Crippen LogP contribution in [-0.4, -0.2) is 10.9 Å². The van der Waals surface area contributed by atoms with Crippen molar-refractivity contribution in [2.75, 3.05) is 0 Å². The molecule has 1 rings (SSSR count). The molecule has 0 spiro atoms. The van der Waals surface area contributed by atoms with E-state index in [-0.39, 0.29) is 17.1 Å². The van der Waals surface area contributed by atoms with Gasteiger partial charge in [-0.1, -0.05) is 6.07 Å². The maximum absolute atomic E-state index is 11.1. The monoisotopic (exact) mass is 233 g/mol. The molecule has 0 unspecified atom stereocenters. The van der Waals surface area contributed by atoms with E-state index >= 15 is 0 Å². The van der Waals surface area contributed by atoms with E-state index in [4.69, 9.17) is 0 Å². The average molecular weight is 233 g/mol. The number of nitroso groups, excluding NO2 is 1. The number of carbonyl (C=O) groups excluding carboxylic acids is 1. The van der Waals surface area contributed by atoms with Gasteiger partial charge in [0.25, 0.3) is 0 Å². The third-order valence-corrected chi connectivity index (χ3v) is 1.88. The Hall–Kier alpha value is -2.37. The number of benzene rings is 1. The highest BCUT2D eigenvalue weighted by molar-refractivity contribution is 5.93. The second-order valence-electron chi connectivity index (χ2n) is 3.30. The molecule has 0 saturated carbocycles. The molecule has 0 bridgehead atoms.